The fraction of sp³-hybridized carbons (Fsp3) is 0.625. The van der Waals surface area contributed by atoms with Crippen molar-refractivity contribution in [3.63, 3.8) is 0 Å². The Morgan fingerprint density at radius 2 is 1.80 bits per heavy atom. The van der Waals surface area contributed by atoms with Crippen LogP contribution in [0.2, 0.25) is 0 Å². The number of carbonyl (C=O) groups excluding carboxylic acids is 2. The van der Waals surface area contributed by atoms with Crippen LogP contribution in [0, 0.1) is 0 Å². The van der Waals surface area contributed by atoms with Crippen LogP contribution in [0.1, 0.15) is 20.3 Å². The smallest absolute Gasteiger partial charge is 0.325 e. The molecule has 0 saturated carbocycles. The molecular formula is C8H15N3O4. The van der Waals surface area contributed by atoms with E-state index in [9.17, 15) is 14.4 Å². The average molecular weight is 217 g/mol. The van der Waals surface area contributed by atoms with E-state index >= 15 is 0 Å². The Bertz CT molecular complexity index is 267. The van der Waals surface area contributed by atoms with E-state index in [1.807, 2.05) is 0 Å². The molecule has 15 heavy (non-hydrogen) atoms. The molecule has 0 radical (unpaired) electrons. The third kappa shape index (κ3) is 6.30. The maximum Gasteiger partial charge on any atom is 0.325 e. The molecule has 0 spiro atoms. The first-order chi connectivity index (χ1) is 6.82. The predicted molar refractivity (Wildman–Crippen MR) is 52.0 cm³/mol. The van der Waals surface area contributed by atoms with E-state index in [4.69, 9.17) is 10.8 Å². The second-order valence-corrected chi connectivity index (χ2v) is 3.25. The Labute approximate surface area is 87.0 Å². The van der Waals surface area contributed by atoms with Gasteiger partial charge in [-0.3, -0.25) is 9.59 Å². The number of urea groups is 1. The molecule has 3 amide bonds. The van der Waals surface area contributed by atoms with Crippen molar-refractivity contribution in [2.24, 2.45) is 5.73 Å². The quantitative estimate of drug-likeness (QED) is 0.473. The zero-order chi connectivity index (χ0) is 12.0. The van der Waals surface area contributed by atoms with Crippen molar-refractivity contribution in [2.75, 3.05) is 0 Å². The topological polar surface area (TPSA) is 122 Å². The molecule has 7 nitrogen and oxygen atoms in total. The van der Waals surface area contributed by atoms with Crippen molar-refractivity contribution in [1.29, 1.82) is 0 Å². The van der Waals surface area contributed by atoms with E-state index in [1.165, 1.54) is 6.92 Å². The number of nitrogens with one attached hydrogen (secondary N) is 2. The maximum absolute atomic E-state index is 11.1. The van der Waals surface area contributed by atoms with Crippen LogP contribution < -0.4 is 16.4 Å². The van der Waals surface area contributed by atoms with Gasteiger partial charge in [-0.1, -0.05) is 0 Å². The third-order valence-corrected chi connectivity index (χ3v) is 1.60. The molecule has 2 atom stereocenters. The molecule has 5 N–H and O–H groups in total. The molecule has 0 heterocycles. The van der Waals surface area contributed by atoms with Crippen LogP contribution in [0.15, 0.2) is 0 Å². The number of hydrogen-bond acceptors (Lipinski definition) is 3. The van der Waals surface area contributed by atoms with E-state index in [0.29, 0.717) is 0 Å². The summed E-state index contributed by atoms with van der Waals surface area (Å²) in [5.74, 6) is -1.67. The lowest BCUT2D eigenvalue weighted by atomic mass is 10.2. The Morgan fingerprint density at radius 1 is 1.27 bits per heavy atom. The largest absolute Gasteiger partial charge is 0.480 e. The third-order valence-electron chi connectivity index (χ3n) is 1.60. The van der Waals surface area contributed by atoms with Gasteiger partial charge in [-0.05, 0) is 13.8 Å². The van der Waals surface area contributed by atoms with Crippen LogP contribution in [0.25, 0.3) is 0 Å². The van der Waals surface area contributed by atoms with Gasteiger partial charge in [0.2, 0.25) is 5.91 Å². The monoisotopic (exact) mass is 217 g/mol. The normalized spacial score (nSPS) is 13.7. The van der Waals surface area contributed by atoms with E-state index in [1.54, 1.807) is 6.92 Å². The van der Waals surface area contributed by atoms with Crippen molar-refractivity contribution >= 4 is 17.9 Å². The zero-order valence-electron chi connectivity index (χ0n) is 8.61. The maximum atomic E-state index is 11.1. The molecule has 0 aromatic rings. The lowest BCUT2D eigenvalue weighted by Crippen LogP contribution is -2.47. The van der Waals surface area contributed by atoms with Crippen LogP contribution in [-0.2, 0) is 9.59 Å². The number of carbonyl (C=O) groups is 3. The van der Waals surface area contributed by atoms with E-state index in [-0.39, 0.29) is 6.42 Å². The number of hydrogen-bond donors (Lipinski definition) is 4. The number of rotatable bonds is 5. The van der Waals surface area contributed by atoms with Gasteiger partial charge >= 0.3 is 12.0 Å². The first-order valence-electron chi connectivity index (χ1n) is 4.41. The second kappa shape index (κ2) is 5.84. The number of nitrogens with two attached hydrogens (primary N) is 1. The van der Waals surface area contributed by atoms with E-state index < -0.39 is 30.0 Å². The van der Waals surface area contributed by atoms with Gasteiger partial charge in [-0.2, -0.15) is 0 Å². The highest BCUT2D eigenvalue weighted by Gasteiger charge is 2.15. The van der Waals surface area contributed by atoms with Crippen molar-refractivity contribution < 1.29 is 19.5 Å². The van der Waals surface area contributed by atoms with Crippen LogP contribution in [0.3, 0.4) is 0 Å². The lowest BCUT2D eigenvalue weighted by molar-refractivity contribution is -0.138. The molecule has 0 aliphatic carbocycles. The summed E-state index contributed by atoms with van der Waals surface area (Å²) >= 11 is 0. The minimum atomic E-state index is -1.13. The molecule has 0 saturated heterocycles. The number of amides is 3. The molecule has 1 unspecified atom stereocenters. The van der Waals surface area contributed by atoms with Gasteiger partial charge in [-0.15, -0.1) is 0 Å². The van der Waals surface area contributed by atoms with Crippen molar-refractivity contribution in [1.82, 2.24) is 10.6 Å². The molecule has 0 aliphatic heterocycles. The minimum absolute atomic E-state index is 0.00880. The average Bonchev–Trinajstić information content (AvgIpc) is 2.00. The van der Waals surface area contributed by atoms with Crippen molar-refractivity contribution in [3.05, 3.63) is 0 Å². The summed E-state index contributed by atoms with van der Waals surface area (Å²) in [5, 5.41) is 13.1. The highest BCUT2D eigenvalue weighted by molar-refractivity contribution is 5.82. The second-order valence-electron chi connectivity index (χ2n) is 3.25. The minimum Gasteiger partial charge on any atom is -0.480 e. The summed E-state index contributed by atoms with van der Waals surface area (Å²) in [6.45, 7) is 2.93. The number of carboxylic acids is 1. The Kier molecular flexibility index (Phi) is 5.14. The first-order valence-corrected chi connectivity index (χ1v) is 4.41. The first kappa shape index (κ1) is 13.2. The van der Waals surface area contributed by atoms with Crippen LogP contribution in [0.5, 0.6) is 0 Å². The van der Waals surface area contributed by atoms with Gasteiger partial charge in [0, 0.05) is 12.5 Å². The molecule has 0 aromatic heterocycles. The summed E-state index contributed by atoms with van der Waals surface area (Å²) in [4.78, 5) is 32.0. The molecule has 0 fully saturated rings. The fourth-order valence-electron chi connectivity index (χ4n) is 0.877. The summed E-state index contributed by atoms with van der Waals surface area (Å²) < 4.78 is 0. The SMILES string of the molecule is CC(CC(N)=O)NC(=O)N[C@@H](C)C(=O)O. The van der Waals surface area contributed by atoms with E-state index in [0.717, 1.165) is 0 Å². The highest BCUT2D eigenvalue weighted by Crippen LogP contribution is 1.89. The molecule has 0 aromatic carbocycles. The summed E-state index contributed by atoms with van der Waals surface area (Å²) in [7, 11) is 0. The van der Waals surface area contributed by atoms with E-state index in [2.05, 4.69) is 10.6 Å². The molecule has 86 valence electrons. The van der Waals surface area contributed by atoms with Crippen molar-refractivity contribution in [3.8, 4) is 0 Å². The zero-order valence-corrected chi connectivity index (χ0v) is 8.61. The highest BCUT2D eigenvalue weighted by atomic mass is 16.4. The predicted octanol–water partition coefficient (Wildman–Crippen LogP) is -0.977. The van der Waals surface area contributed by atoms with Crippen LogP contribution in [-0.4, -0.2) is 35.1 Å². The summed E-state index contributed by atoms with van der Waals surface area (Å²) in [5.41, 5.74) is 4.91. The number of carboxylic acid groups (broad SMARTS) is 1. The standard InChI is InChI=1S/C8H15N3O4/c1-4(3-6(9)12)10-8(15)11-5(2)7(13)14/h4-5H,3H2,1-2H3,(H2,9,12)(H,13,14)(H2,10,11,15)/t4?,5-/m0/s1. The van der Waals surface area contributed by atoms with Gasteiger partial charge in [-0.25, -0.2) is 4.79 Å². The van der Waals surface area contributed by atoms with Gasteiger partial charge in [0.05, 0.1) is 0 Å². The van der Waals surface area contributed by atoms with Gasteiger partial charge in [0.25, 0.3) is 0 Å². The molecule has 0 aliphatic rings. The van der Waals surface area contributed by atoms with Crippen LogP contribution >= 0.6 is 0 Å². The van der Waals surface area contributed by atoms with Gasteiger partial charge < -0.3 is 21.5 Å². The Morgan fingerprint density at radius 3 is 2.20 bits per heavy atom. The molecule has 7 heteroatoms. The number of aliphatic carboxylic acids is 1. The summed E-state index contributed by atoms with van der Waals surface area (Å²) in [6.07, 6.45) is 0.00880. The molecule has 0 rings (SSSR count). The Balaban J connectivity index is 3.93. The van der Waals surface area contributed by atoms with Crippen molar-refractivity contribution in [2.45, 2.75) is 32.4 Å². The number of primary amides is 1. The van der Waals surface area contributed by atoms with Gasteiger partial charge in [0.1, 0.15) is 6.04 Å². The van der Waals surface area contributed by atoms with Crippen LogP contribution in [0.4, 0.5) is 4.79 Å². The fourth-order valence-corrected chi connectivity index (χ4v) is 0.877. The molecule has 0 bridgehead atoms. The lowest BCUT2D eigenvalue weighted by Gasteiger charge is -2.14. The molecular weight excluding hydrogens is 202 g/mol. The summed E-state index contributed by atoms with van der Waals surface area (Å²) in [6, 6.07) is -2.05. The Hall–Kier alpha value is -1.79. The van der Waals surface area contributed by atoms with Gasteiger partial charge in [0.15, 0.2) is 0 Å².